The fraction of sp³-hybridized carbons (Fsp3) is 1.00. The van der Waals surface area contributed by atoms with Gasteiger partial charge in [0.2, 0.25) is 0 Å². The molecule has 1 aliphatic heterocycles. The third-order valence-corrected chi connectivity index (χ3v) is 1.62. The minimum absolute atomic E-state index is 0.0451. The number of rotatable bonds is 1. The first-order valence-electron chi connectivity index (χ1n) is 3.45. The van der Waals surface area contributed by atoms with E-state index < -0.39 is 0 Å². The second kappa shape index (κ2) is 3.15. The third kappa shape index (κ3) is 1.64. The number of morpholine rings is 1. The normalized spacial score (nSPS) is 36.7. The van der Waals surface area contributed by atoms with Crippen molar-refractivity contribution in [3.05, 3.63) is 0 Å². The molecule has 0 aromatic heterocycles. The zero-order valence-electron chi connectivity index (χ0n) is 5.76. The average molecular weight is 130 g/mol. The topological polar surface area (TPSA) is 47.3 Å². The molecule has 1 fully saturated rings. The van der Waals surface area contributed by atoms with Gasteiger partial charge in [-0.3, -0.25) is 5.32 Å². The van der Waals surface area contributed by atoms with Crippen molar-refractivity contribution in [2.45, 2.75) is 25.6 Å². The lowest BCUT2D eigenvalue weighted by molar-refractivity contribution is -0.00388. The highest BCUT2D eigenvalue weighted by Crippen LogP contribution is 2.03. The summed E-state index contributed by atoms with van der Waals surface area (Å²) in [4.78, 5) is 0. The van der Waals surface area contributed by atoms with E-state index in [0.717, 1.165) is 19.6 Å². The van der Waals surface area contributed by atoms with Crippen LogP contribution in [0.15, 0.2) is 0 Å². The summed E-state index contributed by atoms with van der Waals surface area (Å²) in [6.45, 7) is 3.77. The maximum absolute atomic E-state index is 5.65. The van der Waals surface area contributed by atoms with Gasteiger partial charge in [0.05, 0.1) is 18.9 Å². The Morgan fingerprint density at radius 1 is 1.78 bits per heavy atom. The third-order valence-electron chi connectivity index (χ3n) is 1.62. The van der Waals surface area contributed by atoms with Crippen molar-refractivity contribution in [2.75, 3.05) is 13.2 Å². The summed E-state index contributed by atoms with van der Waals surface area (Å²) in [7, 11) is 0. The Hall–Kier alpha value is -0.120. The molecule has 0 aliphatic carbocycles. The summed E-state index contributed by atoms with van der Waals surface area (Å²) in [5.41, 5.74) is 5.65. The Labute approximate surface area is 55.6 Å². The van der Waals surface area contributed by atoms with Crippen LogP contribution in [0.1, 0.15) is 13.3 Å². The molecule has 0 aromatic carbocycles. The van der Waals surface area contributed by atoms with Crippen molar-refractivity contribution >= 4 is 0 Å². The van der Waals surface area contributed by atoms with Gasteiger partial charge in [-0.1, -0.05) is 6.92 Å². The summed E-state index contributed by atoms with van der Waals surface area (Å²) in [5.74, 6) is 0. The predicted molar refractivity (Wildman–Crippen MR) is 36.0 cm³/mol. The van der Waals surface area contributed by atoms with E-state index in [9.17, 15) is 0 Å². The molecule has 0 spiro atoms. The molecule has 0 amide bonds. The Morgan fingerprint density at radius 3 is 3.00 bits per heavy atom. The highest BCUT2D eigenvalue weighted by Gasteiger charge is 2.19. The maximum Gasteiger partial charge on any atom is 0.0855 e. The van der Waals surface area contributed by atoms with Gasteiger partial charge < -0.3 is 10.5 Å². The minimum Gasteiger partial charge on any atom is -0.374 e. The second-order valence-corrected chi connectivity index (χ2v) is 2.30. The van der Waals surface area contributed by atoms with E-state index in [2.05, 4.69) is 12.2 Å². The minimum atomic E-state index is 0.0451. The van der Waals surface area contributed by atoms with Crippen LogP contribution in [-0.4, -0.2) is 25.4 Å². The van der Waals surface area contributed by atoms with E-state index in [1.165, 1.54) is 0 Å². The van der Waals surface area contributed by atoms with Crippen LogP contribution in [0.4, 0.5) is 0 Å². The van der Waals surface area contributed by atoms with Gasteiger partial charge in [-0.15, -0.1) is 0 Å². The van der Waals surface area contributed by atoms with Crippen LogP contribution < -0.4 is 11.1 Å². The number of ether oxygens (including phenoxy) is 1. The molecule has 1 aliphatic rings. The number of nitrogens with two attached hydrogens (primary N) is 1. The summed E-state index contributed by atoms with van der Waals surface area (Å²) < 4.78 is 5.35. The molecule has 54 valence electrons. The molecule has 3 nitrogen and oxygen atoms in total. The second-order valence-electron chi connectivity index (χ2n) is 2.30. The predicted octanol–water partition coefficient (Wildman–Crippen LogP) is -0.330. The Balaban J connectivity index is 2.30. The number of nitrogens with one attached hydrogen (secondary N) is 1. The first-order chi connectivity index (χ1) is 4.34. The van der Waals surface area contributed by atoms with Gasteiger partial charge in [-0.2, -0.15) is 0 Å². The molecule has 0 saturated carbocycles. The molecule has 1 heterocycles. The molecular weight excluding hydrogens is 116 g/mol. The molecule has 3 heteroatoms. The Morgan fingerprint density at radius 2 is 2.56 bits per heavy atom. The van der Waals surface area contributed by atoms with Crippen molar-refractivity contribution in [3.8, 4) is 0 Å². The summed E-state index contributed by atoms with van der Waals surface area (Å²) in [6.07, 6.45) is 1.26. The molecule has 2 unspecified atom stereocenters. The van der Waals surface area contributed by atoms with Gasteiger partial charge in [0, 0.05) is 6.54 Å². The zero-order valence-corrected chi connectivity index (χ0v) is 5.76. The summed E-state index contributed by atoms with van der Waals surface area (Å²) >= 11 is 0. The SMILES string of the molecule is CCC1OCCNC1N. The molecule has 9 heavy (non-hydrogen) atoms. The molecule has 1 rings (SSSR count). The summed E-state index contributed by atoms with van der Waals surface area (Å²) in [6, 6.07) is 0. The lowest BCUT2D eigenvalue weighted by Gasteiger charge is -2.28. The van der Waals surface area contributed by atoms with Crippen LogP contribution in [-0.2, 0) is 4.74 Å². The van der Waals surface area contributed by atoms with Crippen molar-refractivity contribution in [2.24, 2.45) is 5.73 Å². The fourth-order valence-corrected chi connectivity index (χ4v) is 1.04. The van der Waals surface area contributed by atoms with E-state index in [0.29, 0.717) is 0 Å². The molecule has 3 N–H and O–H groups in total. The lowest BCUT2D eigenvalue weighted by atomic mass is 10.2. The molecule has 2 atom stereocenters. The van der Waals surface area contributed by atoms with Gasteiger partial charge in [0.15, 0.2) is 0 Å². The quantitative estimate of drug-likeness (QED) is 0.511. The molecule has 0 aromatic rings. The Kier molecular flexibility index (Phi) is 2.45. The van der Waals surface area contributed by atoms with Gasteiger partial charge in [0.25, 0.3) is 0 Å². The highest BCUT2D eigenvalue weighted by atomic mass is 16.5. The van der Waals surface area contributed by atoms with Gasteiger partial charge in [-0.05, 0) is 6.42 Å². The number of hydrogen-bond acceptors (Lipinski definition) is 3. The first-order valence-corrected chi connectivity index (χ1v) is 3.45. The maximum atomic E-state index is 5.65. The monoisotopic (exact) mass is 130 g/mol. The zero-order chi connectivity index (χ0) is 6.69. The lowest BCUT2D eigenvalue weighted by Crippen LogP contribution is -2.53. The van der Waals surface area contributed by atoms with Crippen molar-refractivity contribution in [1.82, 2.24) is 5.32 Å². The van der Waals surface area contributed by atoms with E-state index >= 15 is 0 Å². The van der Waals surface area contributed by atoms with Gasteiger partial charge in [0.1, 0.15) is 0 Å². The van der Waals surface area contributed by atoms with Crippen molar-refractivity contribution < 1.29 is 4.74 Å². The smallest absolute Gasteiger partial charge is 0.0855 e. The highest BCUT2D eigenvalue weighted by molar-refractivity contribution is 4.73. The van der Waals surface area contributed by atoms with E-state index in [-0.39, 0.29) is 12.3 Å². The van der Waals surface area contributed by atoms with Gasteiger partial charge in [-0.25, -0.2) is 0 Å². The van der Waals surface area contributed by atoms with Crippen LogP contribution in [0, 0.1) is 0 Å². The van der Waals surface area contributed by atoms with Crippen LogP contribution in [0.5, 0.6) is 0 Å². The van der Waals surface area contributed by atoms with Crippen LogP contribution in [0.3, 0.4) is 0 Å². The van der Waals surface area contributed by atoms with Crippen LogP contribution in [0.25, 0.3) is 0 Å². The standard InChI is InChI=1S/C6H14N2O/c1-2-5-6(7)8-3-4-9-5/h5-6,8H,2-4,7H2,1H3. The fourth-order valence-electron chi connectivity index (χ4n) is 1.04. The van der Waals surface area contributed by atoms with E-state index in [4.69, 9.17) is 10.5 Å². The largest absolute Gasteiger partial charge is 0.374 e. The van der Waals surface area contributed by atoms with E-state index in [1.807, 2.05) is 0 Å². The molecular formula is C6H14N2O. The van der Waals surface area contributed by atoms with E-state index in [1.54, 1.807) is 0 Å². The van der Waals surface area contributed by atoms with Crippen LogP contribution in [0.2, 0.25) is 0 Å². The van der Waals surface area contributed by atoms with Crippen molar-refractivity contribution in [3.63, 3.8) is 0 Å². The number of hydrogen-bond donors (Lipinski definition) is 2. The average Bonchev–Trinajstić information content (AvgIpc) is 1.89. The van der Waals surface area contributed by atoms with Crippen molar-refractivity contribution in [1.29, 1.82) is 0 Å². The first kappa shape index (κ1) is 6.99. The van der Waals surface area contributed by atoms with Crippen LogP contribution >= 0.6 is 0 Å². The molecule has 0 radical (unpaired) electrons. The molecule has 0 bridgehead atoms. The molecule has 1 saturated heterocycles. The Bertz CT molecular complexity index is 87.1. The van der Waals surface area contributed by atoms with Gasteiger partial charge >= 0.3 is 0 Å². The summed E-state index contributed by atoms with van der Waals surface area (Å²) in [5, 5.41) is 3.14.